The minimum Gasteiger partial charge on any atom is -0.507 e. The number of ketones is 1. The third-order valence-electron chi connectivity index (χ3n) is 5.06. The fraction of sp³-hybridized carbons (Fsp3) is 0.316. The summed E-state index contributed by atoms with van der Waals surface area (Å²) in [7, 11) is 0. The number of phenolic OH excluding ortho intramolecular Hbond substituents is 1. The summed E-state index contributed by atoms with van der Waals surface area (Å²) in [4.78, 5) is 12.7. The van der Waals surface area contributed by atoms with Gasteiger partial charge in [-0.1, -0.05) is 25.1 Å². The average Bonchev–Trinajstić information content (AvgIpc) is 2.81. The Morgan fingerprint density at radius 3 is 2.87 bits per heavy atom. The van der Waals surface area contributed by atoms with E-state index in [4.69, 9.17) is 9.47 Å². The van der Waals surface area contributed by atoms with Crippen LogP contribution in [0.4, 0.5) is 0 Å². The first-order chi connectivity index (χ1) is 11.1. The molecule has 1 N–H and O–H groups in total. The molecule has 0 saturated heterocycles. The molecule has 0 aromatic heterocycles. The van der Waals surface area contributed by atoms with Gasteiger partial charge < -0.3 is 14.6 Å². The number of benzene rings is 2. The Morgan fingerprint density at radius 1 is 1.13 bits per heavy atom. The number of Topliss-reactive ketones (excluding diaryl/α,β-unsaturated/α-hetero) is 1. The molecule has 2 aliphatic heterocycles. The Labute approximate surface area is 133 Å². The van der Waals surface area contributed by atoms with Crippen LogP contribution in [0.15, 0.2) is 30.3 Å². The number of carbonyl (C=O) groups excluding carboxylic acids is 1. The van der Waals surface area contributed by atoms with Crippen molar-refractivity contribution in [2.24, 2.45) is 5.92 Å². The molecular formula is C19H16O4. The SMILES string of the molecule is CC1CC(=O)c2c(ccc3c2C2OC(O3)c3c(O)cccc32)C1. The van der Waals surface area contributed by atoms with E-state index < -0.39 is 6.29 Å². The molecular weight excluding hydrogens is 292 g/mol. The van der Waals surface area contributed by atoms with Crippen LogP contribution in [0.1, 0.15) is 58.4 Å². The topological polar surface area (TPSA) is 55.8 Å². The van der Waals surface area contributed by atoms with E-state index in [1.54, 1.807) is 12.1 Å². The molecule has 0 amide bonds. The lowest BCUT2D eigenvalue weighted by Crippen LogP contribution is -2.24. The molecule has 3 aliphatic rings. The minimum absolute atomic E-state index is 0.162. The van der Waals surface area contributed by atoms with Crippen LogP contribution in [0.5, 0.6) is 11.5 Å². The molecule has 0 fully saturated rings. The lowest BCUT2D eigenvalue weighted by molar-refractivity contribution is -0.110. The van der Waals surface area contributed by atoms with Gasteiger partial charge in [0.2, 0.25) is 6.29 Å². The second-order valence-electron chi connectivity index (χ2n) is 6.69. The zero-order valence-corrected chi connectivity index (χ0v) is 12.7. The van der Waals surface area contributed by atoms with Crippen molar-refractivity contribution in [2.45, 2.75) is 32.2 Å². The summed E-state index contributed by atoms with van der Waals surface area (Å²) in [5.41, 5.74) is 4.25. The maximum atomic E-state index is 12.7. The van der Waals surface area contributed by atoms with E-state index in [9.17, 15) is 9.90 Å². The van der Waals surface area contributed by atoms with Crippen molar-refractivity contribution in [1.29, 1.82) is 0 Å². The summed E-state index contributed by atoms with van der Waals surface area (Å²) in [5.74, 6) is 1.40. The van der Waals surface area contributed by atoms with Gasteiger partial charge in [-0.2, -0.15) is 0 Å². The molecule has 0 radical (unpaired) electrons. The second-order valence-corrected chi connectivity index (χ2v) is 6.69. The van der Waals surface area contributed by atoms with Gasteiger partial charge in [-0.3, -0.25) is 4.79 Å². The maximum Gasteiger partial charge on any atom is 0.231 e. The number of phenols is 1. The largest absolute Gasteiger partial charge is 0.507 e. The van der Waals surface area contributed by atoms with Crippen LogP contribution in [-0.2, 0) is 11.2 Å². The maximum absolute atomic E-state index is 12.7. The highest BCUT2D eigenvalue weighted by molar-refractivity contribution is 6.01. The molecule has 2 aromatic rings. The first-order valence-corrected chi connectivity index (χ1v) is 7.96. The van der Waals surface area contributed by atoms with Gasteiger partial charge in [0.1, 0.15) is 17.6 Å². The summed E-state index contributed by atoms with van der Waals surface area (Å²) in [6.45, 7) is 2.10. The molecule has 23 heavy (non-hydrogen) atoms. The van der Waals surface area contributed by atoms with Gasteiger partial charge in [-0.15, -0.1) is 0 Å². The quantitative estimate of drug-likeness (QED) is 0.807. The lowest BCUT2D eigenvalue weighted by Gasteiger charge is -2.30. The normalized spacial score (nSPS) is 27.0. The molecule has 3 atom stereocenters. The number of aromatic hydroxyl groups is 1. The fourth-order valence-corrected chi connectivity index (χ4v) is 4.12. The number of carbonyl (C=O) groups is 1. The monoisotopic (exact) mass is 308 g/mol. The van der Waals surface area contributed by atoms with Gasteiger partial charge in [0, 0.05) is 17.5 Å². The van der Waals surface area contributed by atoms with E-state index in [2.05, 4.69) is 6.92 Å². The van der Waals surface area contributed by atoms with E-state index in [1.807, 2.05) is 18.2 Å². The lowest BCUT2D eigenvalue weighted by atomic mass is 9.79. The highest BCUT2D eigenvalue weighted by Gasteiger charge is 2.44. The third-order valence-corrected chi connectivity index (χ3v) is 5.06. The molecule has 0 spiro atoms. The van der Waals surface area contributed by atoms with Crippen molar-refractivity contribution >= 4 is 5.78 Å². The summed E-state index contributed by atoms with van der Waals surface area (Å²) >= 11 is 0. The van der Waals surface area contributed by atoms with Gasteiger partial charge in [-0.25, -0.2) is 0 Å². The zero-order chi connectivity index (χ0) is 15.7. The first-order valence-electron chi connectivity index (χ1n) is 7.96. The molecule has 1 aliphatic carbocycles. The van der Waals surface area contributed by atoms with E-state index in [1.165, 1.54) is 0 Å². The fourth-order valence-electron chi connectivity index (χ4n) is 4.12. The molecule has 5 rings (SSSR count). The predicted octanol–water partition coefficient (Wildman–Crippen LogP) is 3.67. The molecule has 3 unspecified atom stereocenters. The summed E-state index contributed by atoms with van der Waals surface area (Å²) in [6.07, 6.45) is 0.529. The molecule has 0 saturated carbocycles. The van der Waals surface area contributed by atoms with E-state index in [0.29, 0.717) is 23.7 Å². The van der Waals surface area contributed by atoms with Crippen LogP contribution >= 0.6 is 0 Å². The van der Waals surface area contributed by atoms with Crippen LogP contribution in [0.2, 0.25) is 0 Å². The van der Waals surface area contributed by atoms with Crippen LogP contribution < -0.4 is 4.74 Å². The van der Waals surface area contributed by atoms with Gasteiger partial charge in [0.25, 0.3) is 0 Å². The summed E-state index contributed by atoms with van der Waals surface area (Å²) < 4.78 is 11.9. The number of ether oxygens (including phenoxy) is 2. The highest BCUT2D eigenvalue weighted by Crippen LogP contribution is 2.54. The highest BCUT2D eigenvalue weighted by atomic mass is 16.7. The van der Waals surface area contributed by atoms with Crippen molar-refractivity contribution in [2.75, 3.05) is 0 Å². The van der Waals surface area contributed by atoms with Gasteiger partial charge in [0.15, 0.2) is 5.78 Å². The predicted molar refractivity (Wildman–Crippen MR) is 82.7 cm³/mol. The summed E-state index contributed by atoms with van der Waals surface area (Å²) in [5, 5.41) is 10.2. The third kappa shape index (κ3) is 1.67. The first kappa shape index (κ1) is 13.1. The minimum atomic E-state index is -0.598. The van der Waals surface area contributed by atoms with Crippen LogP contribution in [0.3, 0.4) is 0 Å². The molecule has 2 bridgehead atoms. The molecule has 4 nitrogen and oxygen atoms in total. The van der Waals surface area contributed by atoms with Crippen LogP contribution in [0, 0.1) is 5.92 Å². The number of fused-ring (bicyclic) bond motifs is 9. The van der Waals surface area contributed by atoms with E-state index >= 15 is 0 Å². The van der Waals surface area contributed by atoms with Crippen molar-refractivity contribution in [3.63, 3.8) is 0 Å². The second kappa shape index (κ2) is 4.36. The molecule has 116 valence electrons. The molecule has 2 heterocycles. The Kier molecular flexibility index (Phi) is 2.49. The Bertz CT molecular complexity index is 855. The van der Waals surface area contributed by atoms with E-state index in [0.717, 1.165) is 28.7 Å². The van der Waals surface area contributed by atoms with Gasteiger partial charge >= 0.3 is 0 Å². The molecule has 2 aromatic carbocycles. The van der Waals surface area contributed by atoms with Crippen molar-refractivity contribution in [3.8, 4) is 11.5 Å². The van der Waals surface area contributed by atoms with E-state index in [-0.39, 0.29) is 17.6 Å². The zero-order valence-electron chi connectivity index (χ0n) is 12.7. The van der Waals surface area contributed by atoms with Crippen molar-refractivity contribution in [1.82, 2.24) is 0 Å². The Balaban J connectivity index is 1.76. The smallest absolute Gasteiger partial charge is 0.231 e. The number of hydrogen-bond acceptors (Lipinski definition) is 4. The van der Waals surface area contributed by atoms with Crippen LogP contribution in [0.25, 0.3) is 0 Å². The number of hydrogen-bond donors (Lipinski definition) is 1. The Morgan fingerprint density at radius 2 is 2.00 bits per heavy atom. The molecule has 4 heteroatoms. The number of rotatable bonds is 0. The van der Waals surface area contributed by atoms with Gasteiger partial charge in [0.05, 0.1) is 5.56 Å². The van der Waals surface area contributed by atoms with Crippen molar-refractivity contribution < 1.29 is 19.4 Å². The van der Waals surface area contributed by atoms with Gasteiger partial charge in [-0.05, 0) is 35.6 Å². The van der Waals surface area contributed by atoms with Crippen LogP contribution in [-0.4, -0.2) is 10.9 Å². The standard InChI is InChI=1S/C19H16O4/c1-9-7-10-5-6-14-17(15(10)13(21)8-9)18-11-3-2-4-12(20)16(11)19(22-14)23-18/h2-6,9,18-20H,7-8H2,1H3. The Hall–Kier alpha value is -2.33. The average molecular weight is 308 g/mol. The van der Waals surface area contributed by atoms with Crippen molar-refractivity contribution in [3.05, 3.63) is 58.1 Å². The summed E-state index contributed by atoms with van der Waals surface area (Å²) in [6, 6.07) is 9.31.